The third-order valence-electron chi connectivity index (χ3n) is 3.69. The summed E-state index contributed by atoms with van der Waals surface area (Å²) < 4.78 is 33.5. The van der Waals surface area contributed by atoms with Crippen LogP contribution in [0, 0.1) is 11.6 Å². The van der Waals surface area contributed by atoms with Gasteiger partial charge in [0.2, 0.25) is 0 Å². The molecule has 0 fully saturated rings. The molecule has 134 valence electrons. The average Bonchev–Trinajstić information content (AvgIpc) is 3.04. The van der Waals surface area contributed by atoms with Crippen molar-refractivity contribution in [3.8, 4) is 5.75 Å². The Labute approximate surface area is 149 Å². The van der Waals surface area contributed by atoms with E-state index >= 15 is 0 Å². The molecule has 0 atom stereocenters. The molecule has 5 nitrogen and oxygen atoms in total. The normalized spacial score (nSPS) is 10.6. The minimum Gasteiger partial charge on any atom is -0.486 e. The third-order valence-corrected chi connectivity index (χ3v) is 3.69. The molecule has 0 saturated heterocycles. The molecular formula is C19H17F2N3O2. The van der Waals surface area contributed by atoms with Gasteiger partial charge in [0.25, 0.3) is 5.91 Å². The van der Waals surface area contributed by atoms with E-state index in [2.05, 4.69) is 10.4 Å². The van der Waals surface area contributed by atoms with Crippen LogP contribution < -0.4 is 10.1 Å². The lowest BCUT2D eigenvalue weighted by Crippen LogP contribution is -2.22. The molecule has 2 aromatic carbocycles. The Kier molecular flexibility index (Phi) is 5.26. The summed E-state index contributed by atoms with van der Waals surface area (Å²) in [6.45, 7) is 0.431. The number of carbonyl (C=O) groups is 1. The molecule has 0 spiro atoms. The van der Waals surface area contributed by atoms with Crippen LogP contribution >= 0.6 is 0 Å². The second-order valence-electron chi connectivity index (χ2n) is 5.77. The van der Waals surface area contributed by atoms with Crippen LogP contribution in [-0.2, 0) is 20.2 Å². The molecule has 0 aliphatic carbocycles. The molecule has 0 aliphatic heterocycles. The maximum Gasteiger partial charge on any atom is 0.251 e. The van der Waals surface area contributed by atoms with Crippen molar-refractivity contribution in [2.24, 2.45) is 7.05 Å². The Hall–Kier alpha value is -3.22. The van der Waals surface area contributed by atoms with Crippen molar-refractivity contribution in [3.63, 3.8) is 0 Å². The van der Waals surface area contributed by atoms with Crippen LogP contribution in [0.4, 0.5) is 8.78 Å². The van der Waals surface area contributed by atoms with Crippen molar-refractivity contribution in [2.45, 2.75) is 13.2 Å². The minimum absolute atomic E-state index is 0.0437. The van der Waals surface area contributed by atoms with Gasteiger partial charge in [-0.1, -0.05) is 12.1 Å². The van der Waals surface area contributed by atoms with Gasteiger partial charge in [-0.3, -0.25) is 9.48 Å². The van der Waals surface area contributed by atoms with E-state index in [4.69, 9.17) is 4.74 Å². The fourth-order valence-electron chi connectivity index (χ4n) is 2.40. The van der Waals surface area contributed by atoms with Gasteiger partial charge in [0.15, 0.2) is 11.6 Å². The number of aromatic nitrogens is 2. The zero-order valence-corrected chi connectivity index (χ0v) is 14.1. The monoisotopic (exact) mass is 357 g/mol. The van der Waals surface area contributed by atoms with E-state index in [9.17, 15) is 13.6 Å². The molecule has 1 heterocycles. The lowest BCUT2D eigenvalue weighted by atomic mass is 10.1. The maximum atomic E-state index is 13.6. The molecule has 0 saturated carbocycles. The van der Waals surface area contributed by atoms with Gasteiger partial charge in [-0.15, -0.1) is 0 Å². The number of hydrogen-bond donors (Lipinski definition) is 1. The van der Waals surface area contributed by atoms with Gasteiger partial charge in [0.1, 0.15) is 12.4 Å². The molecule has 0 bridgehead atoms. The Balaban J connectivity index is 1.61. The van der Waals surface area contributed by atoms with E-state index in [1.54, 1.807) is 42.2 Å². The fraction of sp³-hybridized carbons (Fsp3) is 0.158. The molecular weight excluding hydrogens is 340 g/mol. The second-order valence-corrected chi connectivity index (χ2v) is 5.77. The van der Waals surface area contributed by atoms with Gasteiger partial charge >= 0.3 is 0 Å². The molecule has 0 aliphatic rings. The Morgan fingerprint density at radius 3 is 2.77 bits per heavy atom. The summed E-state index contributed by atoms with van der Waals surface area (Å²) in [6.07, 6.45) is 3.50. The predicted octanol–water partition coefficient (Wildman–Crippen LogP) is 3.21. The first kappa shape index (κ1) is 17.6. The first-order valence-corrected chi connectivity index (χ1v) is 7.94. The Morgan fingerprint density at radius 2 is 2.04 bits per heavy atom. The maximum absolute atomic E-state index is 13.6. The highest BCUT2D eigenvalue weighted by Crippen LogP contribution is 2.19. The summed E-state index contributed by atoms with van der Waals surface area (Å²) in [5, 5.41) is 6.85. The van der Waals surface area contributed by atoms with Crippen LogP contribution in [0.5, 0.6) is 5.75 Å². The van der Waals surface area contributed by atoms with E-state index in [0.29, 0.717) is 17.7 Å². The number of nitrogens with zero attached hydrogens (tertiary/aromatic N) is 2. The van der Waals surface area contributed by atoms with Gasteiger partial charge in [0.05, 0.1) is 6.20 Å². The number of nitrogens with one attached hydrogen (secondary N) is 1. The van der Waals surface area contributed by atoms with E-state index in [1.807, 2.05) is 6.20 Å². The van der Waals surface area contributed by atoms with Gasteiger partial charge in [-0.05, 0) is 29.8 Å². The molecule has 7 heteroatoms. The van der Waals surface area contributed by atoms with Crippen molar-refractivity contribution in [1.82, 2.24) is 15.1 Å². The lowest BCUT2D eigenvalue weighted by Gasteiger charge is -2.09. The summed E-state index contributed by atoms with van der Waals surface area (Å²) in [5.41, 5.74) is 2.06. The number of amides is 1. The van der Waals surface area contributed by atoms with Crippen LogP contribution in [0.25, 0.3) is 0 Å². The smallest absolute Gasteiger partial charge is 0.251 e. The standard InChI is InChI=1S/C19H17F2N3O2/c1-24-11-14(10-23-24)9-22-19(25)15-4-2-3-13(7-15)12-26-18-6-5-16(20)8-17(18)21/h2-8,10-11H,9,12H2,1H3,(H,22,25). The fourth-order valence-corrected chi connectivity index (χ4v) is 2.40. The van der Waals surface area contributed by atoms with Crippen molar-refractivity contribution >= 4 is 5.91 Å². The number of hydrogen-bond acceptors (Lipinski definition) is 3. The average molecular weight is 357 g/mol. The number of halogens is 2. The SMILES string of the molecule is Cn1cc(CNC(=O)c2cccc(COc3ccc(F)cc3F)c2)cn1. The van der Waals surface area contributed by atoms with Gasteiger partial charge in [-0.2, -0.15) is 5.10 Å². The molecule has 1 N–H and O–H groups in total. The highest BCUT2D eigenvalue weighted by Gasteiger charge is 2.09. The molecule has 1 amide bonds. The van der Waals surface area contributed by atoms with Crippen molar-refractivity contribution in [3.05, 3.63) is 83.2 Å². The lowest BCUT2D eigenvalue weighted by molar-refractivity contribution is 0.0950. The van der Waals surface area contributed by atoms with E-state index < -0.39 is 11.6 Å². The van der Waals surface area contributed by atoms with Crippen LogP contribution in [0.1, 0.15) is 21.5 Å². The summed E-state index contributed by atoms with van der Waals surface area (Å²) in [5.74, 6) is -1.71. The first-order valence-electron chi connectivity index (χ1n) is 7.94. The molecule has 26 heavy (non-hydrogen) atoms. The second kappa shape index (κ2) is 7.77. The van der Waals surface area contributed by atoms with Crippen molar-refractivity contribution in [1.29, 1.82) is 0 Å². The van der Waals surface area contributed by atoms with E-state index in [1.165, 1.54) is 6.07 Å². The van der Waals surface area contributed by atoms with Crippen LogP contribution in [0.15, 0.2) is 54.9 Å². The summed E-state index contributed by atoms with van der Waals surface area (Å²) in [4.78, 5) is 12.3. The Morgan fingerprint density at radius 1 is 1.19 bits per heavy atom. The van der Waals surface area contributed by atoms with Crippen molar-refractivity contribution < 1.29 is 18.3 Å². The number of ether oxygens (including phenoxy) is 1. The van der Waals surface area contributed by atoms with Gasteiger partial charge < -0.3 is 10.1 Å². The van der Waals surface area contributed by atoms with E-state index in [-0.39, 0.29) is 18.3 Å². The van der Waals surface area contributed by atoms with Gasteiger partial charge in [0, 0.05) is 37.0 Å². The van der Waals surface area contributed by atoms with Crippen LogP contribution in [-0.4, -0.2) is 15.7 Å². The molecule has 0 unspecified atom stereocenters. The minimum atomic E-state index is -0.768. The van der Waals surface area contributed by atoms with Crippen LogP contribution in [0.3, 0.4) is 0 Å². The highest BCUT2D eigenvalue weighted by molar-refractivity contribution is 5.94. The zero-order chi connectivity index (χ0) is 18.5. The topological polar surface area (TPSA) is 56.2 Å². The summed E-state index contributed by atoms with van der Waals surface area (Å²) in [6, 6.07) is 9.95. The number of rotatable bonds is 6. The largest absolute Gasteiger partial charge is 0.486 e. The number of benzene rings is 2. The Bertz CT molecular complexity index is 925. The zero-order valence-electron chi connectivity index (χ0n) is 14.1. The molecule has 3 rings (SSSR count). The van der Waals surface area contributed by atoms with Gasteiger partial charge in [-0.25, -0.2) is 8.78 Å². The number of carbonyl (C=O) groups excluding carboxylic acids is 1. The number of aryl methyl sites for hydroxylation is 1. The highest BCUT2D eigenvalue weighted by atomic mass is 19.1. The van der Waals surface area contributed by atoms with Crippen LogP contribution in [0.2, 0.25) is 0 Å². The predicted molar refractivity (Wildman–Crippen MR) is 91.5 cm³/mol. The summed E-state index contributed by atoms with van der Waals surface area (Å²) in [7, 11) is 1.80. The molecule has 1 aromatic heterocycles. The van der Waals surface area contributed by atoms with Crippen molar-refractivity contribution in [2.75, 3.05) is 0 Å². The quantitative estimate of drug-likeness (QED) is 0.737. The van der Waals surface area contributed by atoms with E-state index in [0.717, 1.165) is 17.7 Å². The molecule has 3 aromatic rings. The summed E-state index contributed by atoms with van der Waals surface area (Å²) >= 11 is 0. The molecule has 0 radical (unpaired) electrons. The first-order chi connectivity index (χ1) is 12.5. The third kappa shape index (κ3) is 4.44.